The van der Waals surface area contributed by atoms with E-state index in [1.54, 1.807) is 0 Å². The zero-order chi connectivity index (χ0) is 10.8. The van der Waals surface area contributed by atoms with E-state index in [2.05, 4.69) is 29.7 Å². The number of hydrogen-bond donors (Lipinski definition) is 1. The molecule has 2 nitrogen and oxygen atoms in total. The van der Waals surface area contributed by atoms with Crippen LogP contribution in [-0.4, -0.2) is 31.6 Å². The van der Waals surface area contributed by atoms with Crippen molar-refractivity contribution in [2.24, 2.45) is 0 Å². The molecule has 0 amide bonds. The summed E-state index contributed by atoms with van der Waals surface area (Å²) in [5, 5.41) is 9.58. The van der Waals surface area contributed by atoms with Gasteiger partial charge in [-0.05, 0) is 0 Å². The Hall–Kier alpha value is -0.341. The number of aromatic nitrogens is 1. The maximum atomic E-state index is 9.58. The van der Waals surface area contributed by atoms with E-state index in [1.807, 2.05) is 6.07 Å². The topological polar surface area (TPSA) is 24.1 Å². The van der Waals surface area contributed by atoms with Crippen molar-refractivity contribution < 1.29 is 9.67 Å². The Balaban J connectivity index is 2.45. The van der Waals surface area contributed by atoms with Crippen LogP contribution in [-0.2, 0) is 6.54 Å². The van der Waals surface area contributed by atoms with E-state index in [0.717, 1.165) is 0 Å². The van der Waals surface area contributed by atoms with Crippen LogP contribution in [0.25, 0.3) is 9.78 Å². The van der Waals surface area contributed by atoms with Crippen LogP contribution in [0.5, 0.6) is 0 Å². The minimum absolute atomic E-state index is 0.291. The van der Waals surface area contributed by atoms with E-state index in [9.17, 15) is 5.11 Å². The summed E-state index contributed by atoms with van der Waals surface area (Å²) in [4.78, 5) is 0. The molecule has 2 rings (SSSR count). The van der Waals surface area contributed by atoms with Gasteiger partial charge >= 0.3 is 99.8 Å². The molecule has 0 radical (unpaired) electrons. The summed E-state index contributed by atoms with van der Waals surface area (Å²) >= 11 is 6.03. The summed E-state index contributed by atoms with van der Waals surface area (Å²) in [5.74, 6) is 0.291. The number of aliphatic hydroxyl groups excluding tert-OH is 1. The number of hydrogen-bond acceptors (Lipinski definition) is 1. The van der Waals surface area contributed by atoms with Gasteiger partial charge in [-0.15, -0.1) is 0 Å². The van der Waals surface area contributed by atoms with Crippen LogP contribution in [0.1, 0.15) is 4.57 Å². The first-order valence-corrected chi connectivity index (χ1v) is 7.09. The van der Waals surface area contributed by atoms with Crippen LogP contribution in [0, 0.1) is 6.92 Å². The summed E-state index contributed by atoms with van der Waals surface area (Å²) in [5.41, 5.74) is 1.24. The van der Waals surface area contributed by atoms with Crippen molar-refractivity contribution in [1.29, 1.82) is 0 Å². The van der Waals surface area contributed by atoms with Gasteiger partial charge in [-0.2, -0.15) is 0 Å². The summed E-state index contributed by atoms with van der Waals surface area (Å²) in [6, 6.07) is 8.36. The van der Waals surface area contributed by atoms with Crippen molar-refractivity contribution in [2.45, 2.75) is 19.6 Å². The average molecular weight is 290 g/mol. The molecule has 4 heteroatoms. The average Bonchev–Trinajstić information content (AvgIpc) is 2.55. The summed E-state index contributed by atoms with van der Waals surface area (Å²) < 4.78 is 4.92. The molecular weight excluding hydrogens is 277 g/mol. The number of fused-ring (bicyclic) bond motifs is 1. The molecule has 0 aliphatic heterocycles. The van der Waals surface area contributed by atoms with Crippen molar-refractivity contribution in [2.75, 3.05) is 5.88 Å². The monoisotopic (exact) mass is 290 g/mol. The van der Waals surface area contributed by atoms with Gasteiger partial charge in [0, 0.05) is 0 Å². The van der Waals surface area contributed by atoms with E-state index in [-0.39, 0.29) is 0 Å². The van der Waals surface area contributed by atoms with E-state index < -0.39 is 6.10 Å². The molecule has 1 atom stereocenters. The first-order chi connectivity index (χ1) is 7.22. The van der Waals surface area contributed by atoms with Crippen LogP contribution in [0.15, 0.2) is 24.3 Å². The summed E-state index contributed by atoms with van der Waals surface area (Å²) in [6.07, 6.45) is -0.455. The molecule has 0 aliphatic rings. The predicted octanol–water partition coefficient (Wildman–Crippen LogP) is 1.09. The standard InChI is InChI=1S/C11H13ClNOSe/c1-8-13(7-9(14)6-12)10-4-2-3-5-11(10)15-8/h2-5,9,14H,6-7H2,1H3/q+1. The van der Waals surface area contributed by atoms with Gasteiger partial charge in [-0.1, -0.05) is 0 Å². The second-order valence-corrected chi connectivity index (χ2v) is 6.41. The number of para-hydroxylation sites is 1. The predicted molar refractivity (Wildman–Crippen MR) is 62.5 cm³/mol. The third-order valence-corrected chi connectivity index (χ3v) is 4.99. The van der Waals surface area contributed by atoms with Crippen molar-refractivity contribution in [3.05, 3.63) is 28.8 Å². The number of rotatable bonds is 3. The molecule has 0 spiro atoms. The third-order valence-electron chi connectivity index (χ3n) is 2.37. The first-order valence-electron chi connectivity index (χ1n) is 4.84. The fourth-order valence-corrected chi connectivity index (χ4v) is 3.90. The molecule has 1 heterocycles. The number of halogens is 1. The summed E-state index contributed by atoms with van der Waals surface area (Å²) in [6.45, 7) is 2.73. The van der Waals surface area contributed by atoms with Crippen LogP contribution in [0.3, 0.4) is 0 Å². The maximum absolute atomic E-state index is 9.58. The summed E-state index contributed by atoms with van der Waals surface area (Å²) in [7, 11) is 0. The van der Waals surface area contributed by atoms with Crippen LogP contribution in [0.2, 0.25) is 0 Å². The van der Waals surface area contributed by atoms with Gasteiger partial charge in [0.25, 0.3) is 0 Å². The van der Waals surface area contributed by atoms with Gasteiger partial charge < -0.3 is 0 Å². The number of alkyl halides is 1. The Bertz CT molecular complexity index is 469. The van der Waals surface area contributed by atoms with Crippen molar-refractivity contribution in [3.8, 4) is 0 Å². The second-order valence-electron chi connectivity index (χ2n) is 3.51. The molecule has 0 fully saturated rings. The Morgan fingerprint density at radius 3 is 2.93 bits per heavy atom. The van der Waals surface area contributed by atoms with Crippen molar-refractivity contribution in [3.63, 3.8) is 0 Å². The van der Waals surface area contributed by atoms with Crippen LogP contribution >= 0.6 is 11.6 Å². The normalized spacial score (nSPS) is 13.3. The molecule has 1 unspecified atom stereocenters. The molecule has 15 heavy (non-hydrogen) atoms. The van der Waals surface area contributed by atoms with E-state index >= 15 is 0 Å². The van der Waals surface area contributed by atoms with Crippen LogP contribution in [0.4, 0.5) is 0 Å². The molecule has 2 aromatic rings. The van der Waals surface area contributed by atoms with E-state index in [1.165, 1.54) is 14.3 Å². The van der Waals surface area contributed by atoms with Crippen LogP contribution < -0.4 is 4.57 Å². The number of nitrogens with zero attached hydrogens (tertiary/aromatic N) is 1. The second kappa shape index (κ2) is 4.67. The van der Waals surface area contributed by atoms with E-state index in [0.29, 0.717) is 26.9 Å². The van der Waals surface area contributed by atoms with Gasteiger partial charge in [0.2, 0.25) is 0 Å². The van der Waals surface area contributed by atoms with Crippen molar-refractivity contribution in [1.82, 2.24) is 0 Å². The fourth-order valence-electron chi connectivity index (χ4n) is 1.64. The van der Waals surface area contributed by atoms with Gasteiger partial charge in [-0.25, -0.2) is 0 Å². The Morgan fingerprint density at radius 1 is 1.47 bits per heavy atom. The van der Waals surface area contributed by atoms with Gasteiger partial charge in [-0.3, -0.25) is 0 Å². The van der Waals surface area contributed by atoms with Gasteiger partial charge in [0.1, 0.15) is 0 Å². The SMILES string of the molecule is Cc1[se]c2ccccc2[n+]1CC(O)CCl. The molecule has 1 aromatic heterocycles. The van der Waals surface area contributed by atoms with E-state index in [4.69, 9.17) is 11.6 Å². The number of benzene rings is 1. The van der Waals surface area contributed by atoms with Crippen molar-refractivity contribution >= 4 is 35.9 Å². The molecule has 0 saturated carbocycles. The minimum atomic E-state index is -0.455. The Labute approximate surface area is 99.9 Å². The molecule has 80 valence electrons. The molecule has 1 N–H and O–H groups in total. The number of aliphatic hydroxyl groups is 1. The zero-order valence-electron chi connectivity index (χ0n) is 8.48. The zero-order valence-corrected chi connectivity index (χ0v) is 11.0. The molecule has 0 aliphatic carbocycles. The van der Waals surface area contributed by atoms with Gasteiger partial charge in [0.15, 0.2) is 0 Å². The molecule has 1 aromatic carbocycles. The Morgan fingerprint density at radius 2 is 2.20 bits per heavy atom. The fraction of sp³-hybridized carbons (Fsp3) is 0.364. The molecule has 0 saturated heterocycles. The third kappa shape index (κ3) is 2.26. The number of aryl methyl sites for hydroxylation is 1. The first kappa shape index (κ1) is 11.2. The molecular formula is C11H13ClNOSe+. The molecule has 0 bridgehead atoms. The quantitative estimate of drug-likeness (QED) is 0.511. The Kier molecular flexibility index (Phi) is 3.47. The van der Waals surface area contributed by atoms with Gasteiger partial charge in [0.05, 0.1) is 0 Å².